The quantitative estimate of drug-likeness (QED) is 0.291. The van der Waals surface area contributed by atoms with Gasteiger partial charge in [0.1, 0.15) is 19.1 Å². The zero-order valence-corrected chi connectivity index (χ0v) is 14.3. The van der Waals surface area contributed by atoms with Crippen molar-refractivity contribution in [3.8, 4) is 0 Å². The molecule has 0 spiro atoms. The maximum Gasteiger partial charge on any atom is 0.328 e. The zero-order valence-electron chi connectivity index (χ0n) is 14.3. The Morgan fingerprint density at radius 1 is 1.08 bits per heavy atom. The highest BCUT2D eigenvalue weighted by molar-refractivity contribution is 5.90. The number of rotatable bonds is 9. The predicted octanol–water partition coefficient (Wildman–Crippen LogP) is -0.464. The number of nitrogens with one attached hydrogen (secondary N) is 1. The van der Waals surface area contributed by atoms with E-state index in [1.54, 1.807) is 20.8 Å². The highest BCUT2D eigenvalue weighted by atomic mass is 16.6. The molecule has 0 rings (SSSR count). The minimum absolute atomic E-state index is 0.101. The third-order valence-electron chi connectivity index (χ3n) is 3.29. The van der Waals surface area contributed by atoms with Crippen LogP contribution in [-0.4, -0.2) is 70.0 Å². The lowest BCUT2D eigenvalue weighted by Crippen LogP contribution is -2.53. The van der Waals surface area contributed by atoms with Crippen LogP contribution < -0.4 is 5.32 Å². The number of carbonyl (C=O) groups excluding carboxylic acids is 4. The third kappa shape index (κ3) is 7.38. The van der Waals surface area contributed by atoms with E-state index < -0.39 is 42.8 Å². The molecule has 0 heterocycles. The van der Waals surface area contributed by atoms with Crippen molar-refractivity contribution >= 4 is 23.7 Å². The molecule has 0 fully saturated rings. The molecule has 0 radical (unpaired) electrons. The van der Waals surface area contributed by atoms with Gasteiger partial charge in [-0.3, -0.25) is 29.6 Å². The van der Waals surface area contributed by atoms with E-state index in [2.05, 4.69) is 10.1 Å². The summed E-state index contributed by atoms with van der Waals surface area (Å²) in [5.74, 6) is -3.56. The van der Waals surface area contributed by atoms with Crippen LogP contribution in [0.5, 0.6) is 0 Å². The summed E-state index contributed by atoms with van der Waals surface area (Å²) in [4.78, 5) is 46.3. The van der Waals surface area contributed by atoms with Crippen molar-refractivity contribution in [2.45, 2.75) is 40.2 Å². The minimum Gasteiger partial charge on any atom is -0.465 e. The Hall–Kier alpha value is -2.20. The Bertz CT molecular complexity index is 469. The van der Waals surface area contributed by atoms with E-state index in [4.69, 9.17) is 0 Å². The fraction of sp³-hybridized carbons (Fsp3) is 0.714. The zero-order chi connectivity index (χ0) is 18.9. The monoisotopic (exact) mass is 347 g/mol. The van der Waals surface area contributed by atoms with Gasteiger partial charge in [-0.05, 0) is 12.8 Å². The number of hydrogen-bond acceptors (Lipinski definition) is 7. The van der Waals surface area contributed by atoms with Crippen LogP contribution in [0, 0.1) is 5.92 Å². The Labute approximate surface area is 140 Å². The Morgan fingerprint density at radius 3 is 2.12 bits per heavy atom. The second-order valence-corrected chi connectivity index (χ2v) is 5.21. The maximum absolute atomic E-state index is 12.2. The van der Waals surface area contributed by atoms with Crippen LogP contribution in [-0.2, 0) is 23.9 Å². The number of hydroxylamine groups is 4. The molecule has 0 aliphatic carbocycles. The van der Waals surface area contributed by atoms with Crippen LogP contribution in [0.2, 0.25) is 0 Å². The number of hydrogen-bond donors (Lipinski definition) is 3. The van der Waals surface area contributed by atoms with Crippen LogP contribution in [0.15, 0.2) is 0 Å². The largest absolute Gasteiger partial charge is 0.465 e. The molecular weight excluding hydrogens is 322 g/mol. The van der Waals surface area contributed by atoms with Crippen molar-refractivity contribution in [3.05, 3.63) is 0 Å². The molecule has 0 aromatic heterocycles. The standard InChI is InChI=1S/C14H25N3O7/c1-5-9(3)13(15-11(19)7-16(22)10(4)18)14(21)17(23)8-12(20)24-6-2/h9,13,22-23H,5-8H2,1-4H3,(H,15,19)/t9-,13-/m1/s1. The topological polar surface area (TPSA) is 136 Å². The van der Waals surface area contributed by atoms with Gasteiger partial charge >= 0.3 is 5.97 Å². The summed E-state index contributed by atoms with van der Waals surface area (Å²) in [5, 5.41) is 21.7. The fourth-order valence-electron chi connectivity index (χ4n) is 1.72. The maximum atomic E-state index is 12.2. The normalized spacial score (nSPS) is 12.8. The van der Waals surface area contributed by atoms with Crippen molar-refractivity contribution in [2.75, 3.05) is 19.7 Å². The molecule has 10 nitrogen and oxygen atoms in total. The second kappa shape index (κ2) is 10.6. The molecule has 0 saturated heterocycles. The van der Waals surface area contributed by atoms with E-state index in [0.717, 1.165) is 6.92 Å². The molecule has 3 amide bonds. The molecule has 3 N–H and O–H groups in total. The molecule has 0 saturated carbocycles. The third-order valence-corrected chi connectivity index (χ3v) is 3.29. The first-order valence-corrected chi connectivity index (χ1v) is 7.56. The first-order valence-electron chi connectivity index (χ1n) is 7.56. The number of esters is 1. The van der Waals surface area contributed by atoms with Crippen molar-refractivity contribution in [1.29, 1.82) is 0 Å². The van der Waals surface area contributed by atoms with Crippen molar-refractivity contribution in [3.63, 3.8) is 0 Å². The first-order chi connectivity index (χ1) is 11.1. The van der Waals surface area contributed by atoms with Crippen molar-refractivity contribution in [1.82, 2.24) is 15.4 Å². The minimum atomic E-state index is -1.12. The smallest absolute Gasteiger partial charge is 0.328 e. The number of ether oxygens (including phenoxy) is 1. The summed E-state index contributed by atoms with van der Waals surface area (Å²) in [7, 11) is 0. The van der Waals surface area contributed by atoms with Gasteiger partial charge in [-0.2, -0.15) is 0 Å². The highest BCUT2D eigenvalue weighted by Crippen LogP contribution is 2.10. The molecule has 0 unspecified atom stereocenters. The van der Waals surface area contributed by atoms with E-state index in [9.17, 15) is 29.6 Å². The lowest BCUT2D eigenvalue weighted by atomic mass is 9.98. The lowest BCUT2D eigenvalue weighted by molar-refractivity contribution is -0.179. The average Bonchev–Trinajstić information content (AvgIpc) is 2.51. The summed E-state index contributed by atoms with van der Waals surface area (Å²) < 4.78 is 4.63. The highest BCUT2D eigenvalue weighted by Gasteiger charge is 2.31. The van der Waals surface area contributed by atoms with E-state index in [1.807, 2.05) is 0 Å². The van der Waals surface area contributed by atoms with Gasteiger partial charge in [0, 0.05) is 6.92 Å². The van der Waals surface area contributed by atoms with Gasteiger partial charge in [-0.1, -0.05) is 20.3 Å². The molecule has 0 aliphatic rings. The average molecular weight is 347 g/mol. The van der Waals surface area contributed by atoms with Gasteiger partial charge < -0.3 is 10.1 Å². The second-order valence-electron chi connectivity index (χ2n) is 5.21. The molecule has 0 aliphatic heterocycles. The van der Waals surface area contributed by atoms with Gasteiger partial charge in [-0.25, -0.2) is 10.1 Å². The van der Waals surface area contributed by atoms with Crippen LogP contribution >= 0.6 is 0 Å². The van der Waals surface area contributed by atoms with Gasteiger partial charge in [0.05, 0.1) is 6.61 Å². The number of carbonyl (C=O) groups is 4. The molecule has 24 heavy (non-hydrogen) atoms. The Balaban J connectivity index is 4.93. The number of nitrogens with zero attached hydrogens (tertiary/aromatic N) is 2. The van der Waals surface area contributed by atoms with E-state index >= 15 is 0 Å². The van der Waals surface area contributed by atoms with Crippen molar-refractivity contribution < 1.29 is 34.3 Å². The summed E-state index contributed by atoms with van der Waals surface area (Å²) in [5.41, 5.74) is 0. The van der Waals surface area contributed by atoms with Gasteiger partial charge in [0.25, 0.3) is 5.91 Å². The molecule has 0 aromatic carbocycles. The molecule has 138 valence electrons. The summed E-state index contributed by atoms with van der Waals surface area (Å²) in [6, 6.07) is -1.12. The number of amides is 3. The first kappa shape index (κ1) is 21.8. The Morgan fingerprint density at radius 2 is 1.67 bits per heavy atom. The van der Waals surface area contributed by atoms with Crippen LogP contribution in [0.1, 0.15) is 34.1 Å². The molecule has 10 heteroatoms. The molecular formula is C14H25N3O7. The summed E-state index contributed by atoms with van der Waals surface area (Å²) >= 11 is 0. The van der Waals surface area contributed by atoms with Crippen LogP contribution in [0.25, 0.3) is 0 Å². The van der Waals surface area contributed by atoms with Crippen LogP contribution in [0.4, 0.5) is 0 Å². The predicted molar refractivity (Wildman–Crippen MR) is 80.7 cm³/mol. The SMILES string of the molecule is CCOC(=O)CN(O)C(=O)[C@H](NC(=O)CN(O)C(C)=O)[C@H](C)CC. The van der Waals surface area contributed by atoms with Gasteiger partial charge in [0.2, 0.25) is 11.8 Å². The van der Waals surface area contributed by atoms with Gasteiger partial charge in [0.15, 0.2) is 0 Å². The summed E-state index contributed by atoms with van der Waals surface area (Å²) in [6.45, 7) is 4.87. The molecule has 0 aromatic rings. The van der Waals surface area contributed by atoms with E-state index in [0.29, 0.717) is 6.42 Å². The lowest BCUT2D eigenvalue weighted by Gasteiger charge is -2.27. The summed E-state index contributed by atoms with van der Waals surface area (Å²) in [6.07, 6.45) is 0.499. The molecule has 2 atom stereocenters. The van der Waals surface area contributed by atoms with Gasteiger partial charge in [-0.15, -0.1) is 0 Å². The van der Waals surface area contributed by atoms with E-state index in [-0.39, 0.29) is 22.7 Å². The van der Waals surface area contributed by atoms with Crippen LogP contribution in [0.3, 0.4) is 0 Å². The van der Waals surface area contributed by atoms with Crippen molar-refractivity contribution in [2.24, 2.45) is 5.92 Å². The molecule has 0 bridgehead atoms. The van der Waals surface area contributed by atoms with E-state index in [1.165, 1.54) is 0 Å². The Kier molecular flexibility index (Phi) is 9.58. The fourth-order valence-corrected chi connectivity index (χ4v) is 1.72.